The Morgan fingerprint density at radius 3 is 2.93 bits per heavy atom. The lowest BCUT2D eigenvalue weighted by Crippen LogP contribution is -2.45. The molecule has 1 atom stereocenters. The van der Waals surface area contributed by atoms with E-state index in [2.05, 4.69) is 10.3 Å². The van der Waals surface area contributed by atoms with Crippen molar-refractivity contribution in [2.45, 2.75) is 24.3 Å². The smallest absolute Gasteiger partial charge is 0.408 e. The van der Waals surface area contributed by atoms with Gasteiger partial charge in [0.2, 0.25) is 15.9 Å². The van der Waals surface area contributed by atoms with E-state index in [0.29, 0.717) is 31.4 Å². The number of nitrogens with one attached hydrogen (secondary N) is 1. The number of carbonyl (C=O) groups is 1. The van der Waals surface area contributed by atoms with Crippen molar-refractivity contribution < 1.29 is 17.6 Å². The minimum absolute atomic E-state index is 0.0424. The van der Waals surface area contributed by atoms with E-state index in [1.54, 1.807) is 31.6 Å². The van der Waals surface area contributed by atoms with E-state index in [1.165, 1.54) is 21.0 Å². The van der Waals surface area contributed by atoms with Gasteiger partial charge < -0.3 is 9.73 Å². The maximum absolute atomic E-state index is 13.1. The zero-order valence-electron chi connectivity index (χ0n) is 16.4. The fourth-order valence-corrected chi connectivity index (χ4v) is 5.17. The van der Waals surface area contributed by atoms with Crippen molar-refractivity contribution in [2.24, 2.45) is 13.0 Å². The van der Waals surface area contributed by atoms with E-state index >= 15 is 0 Å². The molecule has 3 aromatic rings. The normalized spacial score (nSPS) is 17.8. The number of nitrogens with zero attached hydrogens (tertiary/aromatic N) is 3. The van der Waals surface area contributed by atoms with Gasteiger partial charge in [-0.15, -0.1) is 0 Å². The van der Waals surface area contributed by atoms with Crippen LogP contribution in [-0.4, -0.2) is 41.3 Å². The Labute approximate surface area is 173 Å². The molecule has 3 heterocycles. The molecule has 2 aromatic heterocycles. The lowest BCUT2D eigenvalue weighted by Gasteiger charge is -2.31. The molecular formula is C20H22N4O5S. The molecule has 1 aromatic carbocycles. The minimum atomic E-state index is -3.82. The van der Waals surface area contributed by atoms with Crippen LogP contribution in [-0.2, 0) is 28.4 Å². The van der Waals surface area contributed by atoms with Crippen LogP contribution in [0.5, 0.6) is 0 Å². The molecule has 158 valence electrons. The van der Waals surface area contributed by atoms with Gasteiger partial charge in [0.25, 0.3) is 0 Å². The molecule has 1 fully saturated rings. The van der Waals surface area contributed by atoms with Crippen LogP contribution in [0, 0.1) is 5.92 Å². The summed E-state index contributed by atoms with van der Waals surface area (Å²) in [5, 5.41) is 2.86. The van der Waals surface area contributed by atoms with Crippen LogP contribution in [0.1, 0.15) is 18.4 Å². The van der Waals surface area contributed by atoms with E-state index in [1.807, 2.05) is 6.07 Å². The number of amides is 1. The fourth-order valence-electron chi connectivity index (χ4n) is 3.63. The SMILES string of the molecule is Cn1c(=O)oc2cc(S(=O)(=O)N3CCCC(C(=O)NCc4cccnc4)C3)ccc21. The van der Waals surface area contributed by atoms with Crippen LogP contribution in [0.2, 0.25) is 0 Å². The van der Waals surface area contributed by atoms with E-state index in [9.17, 15) is 18.0 Å². The second kappa shape index (κ2) is 8.04. The van der Waals surface area contributed by atoms with Gasteiger partial charge in [-0.1, -0.05) is 6.07 Å². The number of aromatic nitrogens is 2. The van der Waals surface area contributed by atoms with Crippen LogP contribution in [0.3, 0.4) is 0 Å². The molecule has 0 aliphatic carbocycles. The summed E-state index contributed by atoms with van der Waals surface area (Å²) < 4.78 is 34.0. The molecule has 10 heteroatoms. The summed E-state index contributed by atoms with van der Waals surface area (Å²) in [5.41, 5.74) is 1.61. The maximum Gasteiger partial charge on any atom is 0.419 e. The summed E-state index contributed by atoms with van der Waals surface area (Å²) >= 11 is 0. The highest BCUT2D eigenvalue weighted by molar-refractivity contribution is 7.89. The minimum Gasteiger partial charge on any atom is -0.408 e. The van der Waals surface area contributed by atoms with Crippen molar-refractivity contribution in [3.63, 3.8) is 0 Å². The Bertz CT molecular complexity index is 1230. The number of carbonyl (C=O) groups excluding carboxylic acids is 1. The van der Waals surface area contributed by atoms with Gasteiger partial charge in [-0.3, -0.25) is 14.3 Å². The highest BCUT2D eigenvalue weighted by Crippen LogP contribution is 2.26. The number of pyridine rings is 1. The van der Waals surface area contributed by atoms with Crippen molar-refractivity contribution in [3.05, 3.63) is 58.8 Å². The van der Waals surface area contributed by atoms with Gasteiger partial charge in [-0.25, -0.2) is 13.2 Å². The van der Waals surface area contributed by atoms with Crippen molar-refractivity contribution in [2.75, 3.05) is 13.1 Å². The van der Waals surface area contributed by atoms with Gasteiger partial charge in [0.15, 0.2) is 5.58 Å². The van der Waals surface area contributed by atoms with Crippen LogP contribution in [0.15, 0.2) is 56.8 Å². The van der Waals surface area contributed by atoms with Crippen molar-refractivity contribution in [1.82, 2.24) is 19.2 Å². The average Bonchev–Trinajstić information content (AvgIpc) is 3.06. The first-order valence-corrected chi connectivity index (χ1v) is 11.1. The lowest BCUT2D eigenvalue weighted by atomic mass is 9.99. The maximum atomic E-state index is 13.1. The standard InChI is InChI=1S/C20H22N4O5S/c1-23-17-7-6-16(10-18(17)29-20(23)26)30(27,28)24-9-3-5-15(13-24)19(25)22-12-14-4-2-8-21-11-14/h2,4,6-8,10-11,15H,3,5,9,12-13H2,1H3,(H,22,25). The number of aryl methyl sites for hydroxylation is 1. The molecule has 0 saturated carbocycles. The zero-order chi connectivity index (χ0) is 21.3. The fraction of sp³-hybridized carbons (Fsp3) is 0.350. The van der Waals surface area contributed by atoms with Gasteiger partial charge in [-0.2, -0.15) is 4.31 Å². The molecule has 1 aliphatic rings. The van der Waals surface area contributed by atoms with Crippen LogP contribution in [0.4, 0.5) is 0 Å². The van der Waals surface area contributed by atoms with Gasteiger partial charge in [-0.05, 0) is 36.6 Å². The molecule has 0 radical (unpaired) electrons. The second-order valence-electron chi connectivity index (χ2n) is 7.34. The number of hydrogen-bond donors (Lipinski definition) is 1. The summed E-state index contributed by atoms with van der Waals surface area (Å²) in [4.78, 5) is 28.3. The topological polar surface area (TPSA) is 115 Å². The first-order valence-electron chi connectivity index (χ1n) is 9.62. The largest absolute Gasteiger partial charge is 0.419 e. The van der Waals surface area contributed by atoms with Crippen molar-refractivity contribution in [1.29, 1.82) is 0 Å². The van der Waals surface area contributed by atoms with Crippen molar-refractivity contribution in [3.8, 4) is 0 Å². The molecule has 0 bridgehead atoms. The highest BCUT2D eigenvalue weighted by atomic mass is 32.2. The average molecular weight is 430 g/mol. The van der Waals surface area contributed by atoms with Gasteiger partial charge in [0.1, 0.15) is 0 Å². The highest BCUT2D eigenvalue weighted by Gasteiger charge is 2.33. The Balaban J connectivity index is 1.49. The number of hydrogen-bond acceptors (Lipinski definition) is 6. The Kier molecular flexibility index (Phi) is 5.44. The molecule has 1 N–H and O–H groups in total. The molecule has 30 heavy (non-hydrogen) atoms. The first-order chi connectivity index (χ1) is 14.4. The third-order valence-electron chi connectivity index (χ3n) is 5.35. The number of oxazole rings is 1. The molecule has 4 rings (SSSR count). The summed E-state index contributed by atoms with van der Waals surface area (Å²) in [7, 11) is -2.26. The zero-order valence-corrected chi connectivity index (χ0v) is 17.3. The van der Waals surface area contributed by atoms with Crippen molar-refractivity contribution >= 4 is 27.0 Å². The van der Waals surface area contributed by atoms with Gasteiger partial charge in [0.05, 0.1) is 16.3 Å². The number of sulfonamides is 1. The van der Waals surface area contributed by atoms with E-state index in [4.69, 9.17) is 4.42 Å². The first kappa shape index (κ1) is 20.3. The van der Waals surface area contributed by atoms with Crippen LogP contribution < -0.4 is 11.1 Å². The molecule has 1 saturated heterocycles. The Morgan fingerprint density at radius 1 is 1.33 bits per heavy atom. The summed E-state index contributed by atoms with van der Waals surface area (Å²) in [5.74, 6) is -1.16. The number of benzene rings is 1. The summed E-state index contributed by atoms with van der Waals surface area (Å²) in [6, 6.07) is 8.02. The number of piperidine rings is 1. The monoisotopic (exact) mass is 430 g/mol. The molecule has 1 amide bonds. The van der Waals surface area contributed by atoms with E-state index < -0.39 is 21.7 Å². The van der Waals surface area contributed by atoms with E-state index in [-0.39, 0.29) is 22.9 Å². The quantitative estimate of drug-likeness (QED) is 0.651. The molecule has 9 nitrogen and oxygen atoms in total. The summed E-state index contributed by atoms with van der Waals surface area (Å²) in [6.07, 6.45) is 4.55. The third kappa shape index (κ3) is 3.88. The number of fused-ring (bicyclic) bond motifs is 1. The summed E-state index contributed by atoms with van der Waals surface area (Å²) in [6.45, 7) is 0.795. The van der Waals surface area contributed by atoms with E-state index in [0.717, 1.165) is 5.56 Å². The predicted octanol–water partition coefficient (Wildman–Crippen LogP) is 1.24. The Morgan fingerprint density at radius 2 is 2.17 bits per heavy atom. The Hall–Kier alpha value is -2.98. The predicted molar refractivity (Wildman–Crippen MR) is 109 cm³/mol. The molecule has 1 aliphatic heterocycles. The van der Waals surface area contributed by atoms with Gasteiger partial charge >= 0.3 is 5.76 Å². The molecular weight excluding hydrogens is 408 g/mol. The molecule has 0 spiro atoms. The van der Waals surface area contributed by atoms with Crippen LogP contribution >= 0.6 is 0 Å². The van der Waals surface area contributed by atoms with Gasteiger partial charge in [0, 0.05) is 45.1 Å². The number of rotatable bonds is 5. The molecule has 1 unspecified atom stereocenters. The van der Waals surface area contributed by atoms with Crippen LogP contribution in [0.25, 0.3) is 11.1 Å². The second-order valence-corrected chi connectivity index (χ2v) is 9.28. The lowest BCUT2D eigenvalue weighted by molar-refractivity contribution is -0.126. The third-order valence-corrected chi connectivity index (χ3v) is 7.21.